The fourth-order valence-corrected chi connectivity index (χ4v) is 4.89. The highest BCUT2D eigenvalue weighted by molar-refractivity contribution is 5.93. The first-order chi connectivity index (χ1) is 13.5. The number of rotatable bonds is 2. The van der Waals surface area contributed by atoms with Crippen LogP contribution in [0.25, 0.3) is 5.65 Å². The van der Waals surface area contributed by atoms with Crippen molar-refractivity contribution in [1.29, 1.82) is 0 Å². The highest BCUT2D eigenvalue weighted by Crippen LogP contribution is 2.41. The fraction of sp³-hybridized carbons (Fsp3) is 0.500. The zero-order valence-electron chi connectivity index (χ0n) is 16.1. The lowest BCUT2D eigenvalue weighted by Crippen LogP contribution is -2.36. The summed E-state index contributed by atoms with van der Waals surface area (Å²) >= 11 is 0. The minimum Gasteiger partial charge on any atom is -0.391 e. The number of aryl methyl sites for hydroxylation is 2. The molecule has 146 valence electrons. The third-order valence-corrected chi connectivity index (χ3v) is 6.21. The Balaban J connectivity index is 1.36. The van der Waals surface area contributed by atoms with E-state index in [0.29, 0.717) is 42.7 Å². The molecule has 1 N–H and O–H groups in total. The number of hydrogen-bond acceptors (Lipinski definition) is 5. The van der Waals surface area contributed by atoms with Gasteiger partial charge in [0.1, 0.15) is 0 Å². The van der Waals surface area contributed by atoms with Gasteiger partial charge in [0.25, 0.3) is 5.91 Å². The molecule has 1 aliphatic carbocycles. The Labute approximate surface area is 162 Å². The molecule has 0 unspecified atom stereocenters. The van der Waals surface area contributed by atoms with Crippen LogP contribution in [-0.4, -0.2) is 59.5 Å². The summed E-state index contributed by atoms with van der Waals surface area (Å²) in [5, 5.41) is 19.4. The van der Waals surface area contributed by atoms with Crippen LogP contribution in [0, 0.1) is 25.7 Å². The van der Waals surface area contributed by atoms with Crippen LogP contribution in [0.15, 0.2) is 30.6 Å². The molecule has 1 aliphatic heterocycles. The third kappa shape index (κ3) is 2.79. The molecule has 4 atom stereocenters. The number of carbonyl (C=O) groups excluding carboxylic acids is 1. The lowest BCUT2D eigenvalue weighted by molar-refractivity contribution is 0.0306. The van der Waals surface area contributed by atoms with E-state index in [1.165, 1.54) is 0 Å². The maximum Gasteiger partial charge on any atom is 0.274 e. The molecule has 4 heterocycles. The van der Waals surface area contributed by atoms with Gasteiger partial charge in [0.2, 0.25) is 0 Å². The number of hydrogen-bond donors (Lipinski definition) is 1. The summed E-state index contributed by atoms with van der Waals surface area (Å²) in [5.41, 5.74) is 3.01. The first-order valence-corrected chi connectivity index (χ1v) is 9.80. The van der Waals surface area contributed by atoms with Crippen LogP contribution in [0.3, 0.4) is 0 Å². The van der Waals surface area contributed by atoms with Gasteiger partial charge in [-0.05, 0) is 50.7 Å². The summed E-state index contributed by atoms with van der Waals surface area (Å²) in [6.07, 6.45) is 4.75. The van der Waals surface area contributed by atoms with Gasteiger partial charge in [0.05, 0.1) is 12.1 Å². The predicted octanol–water partition coefficient (Wildman–Crippen LogP) is 1.63. The number of likely N-dealkylation sites (tertiary alicyclic amines) is 1. The van der Waals surface area contributed by atoms with Gasteiger partial charge in [-0.1, -0.05) is 0 Å². The van der Waals surface area contributed by atoms with Crippen molar-refractivity contribution in [3.05, 3.63) is 47.7 Å². The lowest BCUT2D eigenvalue weighted by Gasteiger charge is -2.35. The molecule has 3 aromatic heterocycles. The molecule has 0 spiro atoms. The van der Waals surface area contributed by atoms with Crippen LogP contribution in [0.4, 0.5) is 0 Å². The number of aliphatic hydroxyl groups excluding tert-OH is 1. The molecule has 28 heavy (non-hydrogen) atoms. The highest BCUT2D eigenvalue weighted by atomic mass is 16.3. The Morgan fingerprint density at radius 1 is 1.18 bits per heavy atom. The number of aliphatic hydroxyl groups is 1. The maximum absolute atomic E-state index is 13.1. The molecule has 0 radical (unpaired) electrons. The average molecular weight is 380 g/mol. The van der Waals surface area contributed by atoms with E-state index in [-0.39, 0.29) is 11.9 Å². The maximum atomic E-state index is 13.1. The topological polar surface area (TPSA) is 88.6 Å². The van der Waals surface area contributed by atoms with Gasteiger partial charge in [0, 0.05) is 42.9 Å². The number of nitrogens with zero attached hydrogens (tertiary/aromatic N) is 6. The molecule has 2 fully saturated rings. The Morgan fingerprint density at radius 2 is 1.96 bits per heavy atom. The summed E-state index contributed by atoms with van der Waals surface area (Å²) in [5.74, 6) is 0.646. The van der Waals surface area contributed by atoms with E-state index in [9.17, 15) is 9.90 Å². The SMILES string of the molecule is Cc1cc(C)n2nc(C(=O)N3C[C@H]4C[C@@H](n5cccn5)[C@H](O)C[C@H]4C3)cc2n1. The zero-order valence-corrected chi connectivity index (χ0v) is 16.1. The molecule has 8 nitrogen and oxygen atoms in total. The van der Waals surface area contributed by atoms with Crippen molar-refractivity contribution in [1.82, 2.24) is 29.3 Å². The molecule has 3 aromatic rings. The summed E-state index contributed by atoms with van der Waals surface area (Å²) < 4.78 is 3.57. The fourth-order valence-electron chi connectivity index (χ4n) is 4.89. The van der Waals surface area contributed by atoms with E-state index in [0.717, 1.165) is 17.8 Å². The smallest absolute Gasteiger partial charge is 0.274 e. The Hall–Kier alpha value is -2.74. The van der Waals surface area contributed by atoms with E-state index >= 15 is 0 Å². The van der Waals surface area contributed by atoms with Gasteiger partial charge < -0.3 is 10.0 Å². The highest BCUT2D eigenvalue weighted by Gasteiger charge is 2.44. The largest absolute Gasteiger partial charge is 0.391 e. The minimum absolute atomic E-state index is 0.0173. The van der Waals surface area contributed by atoms with Crippen molar-refractivity contribution in [2.75, 3.05) is 13.1 Å². The van der Waals surface area contributed by atoms with Crippen LogP contribution < -0.4 is 0 Å². The summed E-state index contributed by atoms with van der Waals surface area (Å²) in [7, 11) is 0. The Morgan fingerprint density at radius 3 is 2.71 bits per heavy atom. The summed E-state index contributed by atoms with van der Waals surface area (Å²) in [6, 6.07) is 5.59. The molecular weight excluding hydrogens is 356 g/mol. The number of aromatic nitrogens is 5. The molecule has 0 aromatic carbocycles. The second-order valence-electron chi connectivity index (χ2n) is 8.16. The summed E-state index contributed by atoms with van der Waals surface area (Å²) in [4.78, 5) is 19.5. The Kier molecular flexibility index (Phi) is 3.97. The molecule has 2 aliphatic rings. The van der Waals surface area contributed by atoms with Crippen molar-refractivity contribution >= 4 is 11.6 Å². The standard InChI is InChI=1S/C20H24N6O2/c1-12-6-13(2)26-19(22-12)9-16(23-26)20(28)24-10-14-7-17(25-5-3-4-21-25)18(27)8-15(14)11-24/h3-6,9,14-15,17-18,27H,7-8,10-11H2,1-2H3/t14-,15+,17-,18-/m1/s1. The van der Waals surface area contributed by atoms with Gasteiger partial charge in [-0.15, -0.1) is 0 Å². The predicted molar refractivity (Wildman–Crippen MR) is 102 cm³/mol. The monoisotopic (exact) mass is 380 g/mol. The van der Waals surface area contributed by atoms with Crippen molar-refractivity contribution < 1.29 is 9.90 Å². The number of carbonyl (C=O) groups is 1. The molecule has 0 bridgehead atoms. The first-order valence-electron chi connectivity index (χ1n) is 9.80. The molecule has 1 amide bonds. The minimum atomic E-state index is -0.429. The van der Waals surface area contributed by atoms with Crippen LogP contribution >= 0.6 is 0 Å². The quantitative estimate of drug-likeness (QED) is 0.730. The van der Waals surface area contributed by atoms with Gasteiger partial charge in [-0.25, -0.2) is 9.50 Å². The van der Waals surface area contributed by atoms with Crippen LogP contribution in [0.5, 0.6) is 0 Å². The molecule has 5 rings (SSSR count). The second-order valence-corrected chi connectivity index (χ2v) is 8.16. The lowest BCUT2D eigenvalue weighted by atomic mass is 9.77. The van der Waals surface area contributed by atoms with Gasteiger partial charge >= 0.3 is 0 Å². The average Bonchev–Trinajstić information content (AvgIpc) is 3.38. The summed E-state index contributed by atoms with van der Waals surface area (Å²) in [6.45, 7) is 5.27. The Bertz CT molecular complexity index is 1030. The third-order valence-electron chi connectivity index (χ3n) is 6.21. The molecular formula is C20H24N6O2. The van der Waals surface area contributed by atoms with Gasteiger partial charge in [-0.3, -0.25) is 9.48 Å². The number of fused-ring (bicyclic) bond motifs is 2. The van der Waals surface area contributed by atoms with Gasteiger partial charge in [-0.2, -0.15) is 10.2 Å². The second kappa shape index (κ2) is 6.41. The van der Waals surface area contributed by atoms with E-state index in [1.54, 1.807) is 16.8 Å². The zero-order chi connectivity index (χ0) is 19.4. The molecule has 1 saturated heterocycles. The van der Waals surface area contributed by atoms with E-state index in [1.807, 2.05) is 41.8 Å². The van der Waals surface area contributed by atoms with Crippen molar-refractivity contribution in [3.63, 3.8) is 0 Å². The van der Waals surface area contributed by atoms with E-state index in [4.69, 9.17) is 0 Å². The van der Waals surface area contributed by atoms with Crippen LogP contribution in [0.2, 0.25) is 0 Å². The molecule has 1 saturated carbocycles. The van der Waals surface area contributed by atoms with Crippen molar-refractivity contribution in [2.45, 2.75) is 38.8 Å². The normalized spacial score (nSPS) is 27.3. The van der Waals surface area contributed by atoms with Crippen LogP contribution in [0.1, 0.15) is 40.8 Å². The first kappa shape index (κ1) is 17.4. The molecule has 8 heteroatoms. The van der Waals surface area contributed by atoms with Crippen LogP contribution in [-0.2, 0) is 0 Å². The van der Waals surface area contributed by atoms with Crippen molar-refractivity contribution in [3.8, 4) is 0 Å². The van der Waals surface area contributed by atoms with E-state index in [2.05, 4.69) is 15.2 Å². The van der Waals surface area contributed by atoms with E-state index < -0.39 is 6.10 Å². The number of amides is 1. The van der Waals surface area contributed by atoms with Crippen molar-refractivity contribution in [2.24, 2.45) is 11.8 Å². The van der Waals surface area contributed by atoms with Gasteiger partial charge in [0.15, 0.2) is 11.3 Å².